The highest BCUT2D eigenvalue weighted by Crippen LogP contribution is 2.26. The van der Waals surface area contributed by atoms with Crippen molar-refractivity contribution in [2.75, 3.05) is 25.0 Å². The van der Waals surface area contributed by atoms with E-state index in [4.69, 9.17) is 0 Å². The second kappa shape index (κ2) is 6.02. The van der Waals surface area contributed by atoms with E-state index < -0.39 is 0 Å². The molecular weight excluding hydrogens is 242 g/mol. The third kappa shape index (κ3) is 3.67. The van der Waals surface area contributed by atoms with Crippen molar-refractivity contribution in [2.45, 2.75) is 32.7 Å². The van der Waals surface area contributed by atoms with Gasteiger partial charge in [0.05, 0.1) is 4.92 Å². The Morgan fingerprint density at radius 3 is 2.74 bits per heavy atom. The molecule has 1 aromatic rings. The molecule has 1 N–H and O–H groups in total. The van der Waals surface area contributed by atoms with Crippen LogP contribution in [0.4, 0.5) is 11.4 Å². The van der Waals surface area contributed by atoms with E-state index in [0.717, 1.165) is 25.2 Å². The Kier molecular flexibility index (Phi) is 4.37. The van der Waals surface area contributed by atoms with Crippen molar-refractivity contribution in [3.63, 3.8) is 0 Å². The number of nitrogens with one attached hydrogen (secondary N) is 1. The Morgan fingerprint density at radius 1 is 1.42 bits per heavy atom. The fraction of sp³-hybridized carbons (Fsp3) is 0.571. The molecule has 0 aliphatic carbocycles. The summed E-state index contributed by atoms with van der Waals surface area (Å²) in [7, 11) is 0. The molecule has 1 aliphatic rings. The molecule has 0 amide bonds. The van der Waals surface area contributed by atoms with Gasteiger partial charge in [-0.25, -0.2) is 0 Å². The first kappa shape index (κ1) is 13.8. The first-order valence-electron chi connectivity index (χ1n) is 6.80. The SMILES string of the molecule is Cc1ccc([N+](=O)[O-])c(NC(C)CN2CCCC2)c1. The first-order chi connectivity index (χ1) is 9.06. The van der Waals surface area contributed by atoms with Gasteiger partial charge in [-0.15, -0.1) is 0 Å². The molecule has 1 heterocycles. The summed E-state index contributed by atoms with van der Waals surface area (Å²) in [6.45, 7) is 7.24. The maximum atomic E-state index is 11.0. The average molecular weight is 263 g/mol. The predicted octanol–water partition coefficient (Wildman–Crippen LogP) is 2.80. The lowest BCUT2D eigenvalue weighted by atomic mass is 10.1. The molecule has 0 radical (unpaired) electrons. The summed E-state index contributed by atoms with van der Waals surface area (Å²) >= 11 is 0. The van der Waals surface area contributed by atoms with Crippen molar-refractivity contribution in [1.82, 2.24) is 4.90 Å². The van der Waals surface area contributed by atoms with Gasteiger partial charge in [0, 0.05) is 18.7 Å². The number of hydrogen-bond donors (Lipinski definition) is 1. The van der Waals surface area contributed by atoms with Crippen LogP contribution in [0.3, 0.4) is 0 Å². The van der Waals surface area contributed by atoms with Crippen LogP contribution in [0.1, 0.15) is 25.3 Å². The Bertz CT molecular complexity index is 456. The summed E-state index contributed by atoms with van der Waals surface area (Å²) in [5, 5.41) is 14.3. The van der Waals surface area contributed by atoms with Crippen molar-refractivity contribution < 1.29 is 4.92 Å². The molecule has 1 saturated heterocycles. The highest BCUT2D eigenvalue weighted by molar-refractivity contribution is 5.63. The van der Waals surface area contributed by atoms with E-state index in [0.29, 0.717) is 5.69 Å². The highest BCUT2D eigenvalue weighted by Gasteiger charge is 2.18. The van der Waals surface area contributed by atoms with Crippen LogP contribution in [-0.2, 0) is 0 Å². The maximum Gasteiger partial charge on any atom is 0.292 e. The molecule has 1 fully saturated rings. The Morgan fingerprint density at radius 2 is 2.11 bits per heavy atom. The van der Waals surface area contributed by atoms with E-state index in [1.165, 1.54) is 12.8 Å². The molecule has 5 nitrogen and oxygen atoms in total. The molecule has 1 aromatic carbocycles. The normalized spacial score (nSPS) is 17.4. The van der Waals surface area contributed by atoms with Crippen LogP contribution in [-0.4, -0.2) is 35.5 Å². The lowest BCUT2D eigenvalue weighted by molar-refractivity contribution is -0.384. The molecule has 19 heavy (non-hydrogen) atoms. The minimum absolute atomic E-state index is 0.152. The quantitative estimate of drug-likeness (QED) is 0.655. The lowest BCUT2D eigenvalue weighted by Gasteiger charge is -2.22. The Balaban J connectivity index is 2.04. The Hall–Kier alpha value is -1.62. The smallest absolute Gasteiger partial charge is 0.292 e. The standard InChI is InChI=1S/C14H21N3O2/c1-11-5-6-14(17(18)19)13(9-11)15-12(2)10-16-7-3-4-8-16/h5-6,9,12,15H,3-4,7-8,10H2,1-2H3. The number of benzene rings is 1. The number of nitrogens with zero attached hydrogens (tertiary/aromatic N) is 2. The summed E-state index contributed by atoms with van der Waals surface area (Å²) in [6.07, 6.45) is 2.52. The number of hydrogen-bond acceptors (Lipinski definition) is 4. The third-order valence-corrected chi connectivity index (χ3v) is 3.48. The number of likely N-dealkylation sites (tertiary alicyclic amines) is 1. The molecule has 1 atom stereocenters. The molecule has 0 bridgehead atoms. The van der Waals surface area contributed by atoms with Crippen molar-refractivity contribution in [3.8, 4) is 0 Å². The van der Waals surface area contributed by atoms with Gasteiger partial charge in [0.15, 0.2) is 0 Å². The zero-order valence-electron chi connectivity index (χ0n) is 11.6. The molecule has 0 spiro atoms. The lowest BCUT2D eigenvalue weighted by Crippen LogP contribution is -2.33. The van der Waals surface area contributed by atoms with Crippen LogP contribution in [0.2, 0.25) is 0 Å². The van der Waals surface area contributed by atoms with Gasteiger partial charge < -0.3 is 10.2 Å². The molecule has 1 unspecified atom stereocenters. The van der Waals surface area contributed by atoms with Crippen molar-refractivity contribution >= 4 is 11.4 Å². The average Bonchev–Trinajstić information content (AvgIpc) is 2.81. The predicted molar refractivity (Wildman–Crippen MR) is 76.6 cm³/mol. The number of anilines is 1. The molecule has 104 valence electrons. The second-order valence-corrected chi connectivity index (χ2v) is 5.33. The van der Waals surface area contributed by atoms with E-state index in [1.807, 2.05) is 13.0 Å². The number of nitro benzene ring substituents is 1. The van der Waals surface area contributed by atoms with Gasteiger partial charge in [-0.05, 0) is 51.4 Å². The van der Waals surface area contributed by atoms with Gasteiger partial charge >= 0.3 is 0 Å². The summed E-state index contributed by atoms with van der Waals surface area (Å²) < 4.78 is 0. The summed E-state index contributed by atoms with van der Waals surface area (Å²) in [5.74, 6) is 0. The van der Waals surface area contributed by atoms with Gasteiger partial charge in [-0.1, -0.05) is 6.07 Å². The van der Waals surface area contributed by atoms with Crippen LogP contribution in [0.25, 0.3) is 0 Å². The number of aryl methyl sites for hydroxylation is 1. The third-order valence-electron chi connectivity index (χ3n) is 3.48. The van der Waals surface area contributed by atoms with Crippen LogP contribution >= 0.6 is 0 Å². The van der Waals surface area contributed by atoms with Gasteiger partial charge in [-0.2, -0.15) is 0 Å². The zero-order valence-corrected chi connectivity index (χ0v) is 11.6. The number of rotatable bonds is 5. The summed E-state index contributed by atoms with van der Waals surface area (Å²) in [6, 6.07) is 5.39. The molecule has 5 heteroatoms. The fourth-order valence-corrected chi connectivity index (χ4v) is 2.59. The van der Waals surface area contributed by atoms with Crippen molar-refractivity contribution in [1.29, 1.82) is 0 Å². The van der Waals surface area contributed by atoms with Gasteiger partial charge in [-0.3, -0.25) is 10.1 Å². The molecule has 2 rings (SSSR count). The first-order valence-corrected chi connectivity index (χ1v) is 6.80. The van der Waals surface area contributed by atoms with E-state index in [-0.39, 0.29) is 16.7 Å². The van der Waals surface area contributed by atoms with Crippen LogP contribution in [0.15, 0.2) is 18.2 Å². The van der Waals surface area contributed by atoms with Gasteiger partial charge in [0.25, 0.3) is 5.69 Å². The molecule has 0 aromatic heterocycles. The highest BCUT2D eigenvalue weighted by atomic mass is 16.6. The summed E-state index contributed by atoms with van der Waals surface area (Å²) in [4.78, 5) is 13.1. The fourth-order valence-electron chi connectivity index (χ4n) is 2.59. The van der Waals surface area contributed by atoms with Gasteiger partial charge in [0.1, 0.15) is 5.69 Å². The van der Waals surface area contributed by atoms with Crippen molar-refractivity contribution in [2.24, 2.45) is 0 Å². The van der Waals surface area contributed by atoms with E-state index in [9.17, 15) is 10.1 Å². The summed E-state index contributed by atoms with van der Waals surface area (Å²) in [5.41, 5.74) is 1.80. The minimum Gasteiger partial charge on any atom is -0.376 e. The van der Waals surface area contributed by atoms with Gasteiger partial charge in [0.2, 0.25) is 0 Å². The number of nitro groups is 1. The van der Waals surface area contributed by atoms with E-state index >= 15 is 0 Å². The van der Waals surface area contributed by atoms with Crippen molar-refractivity contribution in [3.05, 3.63) is 33.9 Å². The van der Waals surface area contributed by atoms with Crippen LogP contribution in [0, 0.1) is 17.0 Å². The monoisotopic (exact) mass is 263 g/mol. The molecular formula is C14H21N3O2. The second-order valence-electron chi connectivity index (χ2n) is 5.33. The molecule has 1 aliphatic heterocycles. The largest absolute Gasteiger partial charge is 0.376 e. The van der Waals surface area contributed by atoms with Crippen LogP contribution < -0.4 is 5.32 Å². The van der Waals surface area contributed by atoms with E-state index in [2.05, 4.69) is 17.1 Å². The molecule has 0 saturated carbocycles. The van der Waals surface area contributed by atoms with E-state index in [1.54, 1.807) is 12.1 Å². The Labute approximate surface area is 113 Å². The zero-order chi connectivity index (χ0) is 13.8. The minimum atomic E-state index is -0.329. The van der Waals surface area contributed by atoms with Crippen LogP contribution in [0.5, 0.6) is 0 Å². The maximum absolute atomic E-state index is 11.0. The topological polar surface area (TPSA) is 58.4 Å².